The van der Waals surface area contributed by atoms with Crippen molar-refractivity contribution in [1.29, 1.82) is 0 Å². The molecule has 0 aromatic heterocycles. The molecule has 2 fully saturated rings. The van der Waals surface area contributed by atoms with Crippen molar-refractivity contribution in [1.82, 2.24) is 5.32 Å². The molecule has 2 saturated heterocycles. The van der Waals surface area contributed by atoms with Gasteiger partial charge in [0.25, 0.3) is 0 Å². The highest BCUT2D eigenvalue weighted by Crippen LogP contribution is 2.31. The van der Waals surface area contributed by atoms with Gasteiger partial charge in [-0.2, -0.15) is 0 Å². The van der Waals surface area contributed by atoms with Crippen LogP contribution in [-0.2, 0) is 4.74 Å². The van der Waals surface area contributed by atoms with Crippen LogP contribution in [0.4, 0.5) is 4.79 Å². The summed E-state index contributed by atoms with van der Waals surface area (Å²) in [5.74, 6) is 0. The van der Waals surface area contributed by atoms with Crippen LogP contribution in [-0.4, -0.2) is 29.7 Å². The fourth-order valence-electron chi connectivity index (χ4n) is 1.33. The summed E-state index contributed by atoms with van der Waals surface area (Å²) < 4.78 is 5.03. The lowest BCUT2D eigenvalue weighted by atomic mass is 10.1. The topological polar surface area (TPSA) is 38.3 Å². The fraction of sp³-hybridized carbons (Fsp3) is 0.833. The Labute approximate surface area is 63.5 Å². The van der Waals surface area contributed by atoms with Crippen molar-refractivity contribution in [2.75, 3.05) is 13.1 Å². The number of ether oxygens (including phenoxy) is 1. The second-order valence-electron chi connectivity index (χ2n) is 2.56. The van der Waals surface area contributed by atoms with Gasteiger partial charge in [-0.15, -0.1) is 0 Å². The average Bonchev–Trinajstić information content (AvgIpc) is 2.27. The average molecular weight is 159 g/mol. The van der Waals surface area contributed by atoms with Crippen LogP contribution in [0.5, 0.6) is 0 Å². The highest BCUT2D eigenvalue weighted by atomic mass is 32.2. The summed E-state index contributed by atoms with van der Waals surface area (Å²) in [5.41, 5.74) is 0. The number of carbonyl (C=O) groups excluding carboxylic acids is 1. The van der Waals surface area contributed by atoms with E-state index in [0.717, 1.165) is 19.5 Å². The Morgan fingerprint density at radius 3 is 3.40 bits per heavy atom. The van der Waals surface area contributed by atoms with E-state index in [2.05, 4.69) is 5.32 Å². The standard InChI is InChI=1S/C6H9NO2S/c8-6-9-4-3-7-2-1-5(4)10-6/h4-5,7H,1-3H2. The molecular formula is C6H9NO2S. The van der Waals surface area contributed by atoms with E-state index in [1.54, 1.807) is 0 Å². The number of nitrogens with one attached hydrogen (secondary N) is 1. The summed E-state index contributed by atoms with van der Waals surface area (Å²) in [6, 6.07) is 0. The Morgan fingerprint density at radius 1 is 1.70 bits per heavy atom. The van der Waals surface area contributed by atoms with E-state index in [4.69, 9.17) is 4.74 Å². The van der Waals surface area contributed by atoms with Crippen molar-refractivity contribution in [3.8, 4) is 0 Å². The van der Waals surface area contributed by atoms with Crippen molar-refractivity contribution >= 4 is 17.1 Å². The molecule has 0 aliphatic carbocycles. The van der Waals surface area contributed by atoms with E-state index in [1.165, 1.54) is 11.8 Å². The molecule has 3 nitrogen and oxygen atoms in total. The molecule has 0 bridgehead atoms. The van der Waals surface area contributed by atoms with Crippen LogP contribution in [0.25, 0.3) is 0 Å². The first-order valence-corrected chi connectivity index (χ1v) is 4.32. The first-order chi connectivity index (χ1) is 4.86. The van der Waals surface area contributed by atoms with Crippen molar-refractivity contribution in [2.24, 2.45) is 0 Å². The number of hydrogen-bond donors (Lipinski definition) is 1. The van der Waals surface area contributed by atoms with Gasteiger partial charge < -0.3 is 10.1 Å². The molecule has 2 rings (SSSR count). The molecule has 0 aromatic carbocycles. The highest BCUT2D eigenvalue weighted by molar-refractivity contribution is 8.14. The number of hydrogen-bond acceptors (Lipinski definition) is 4. The molecule has 4 heteroatoms. The second-order valence-corrected chi connectivity index (χ2v) is 3.73. The Morgan fingerprint density at radius 2 is 2.60 bits per heavy atom. The Hall–Kier alpha value is -0.220. The van der Waals surface area contributed by atoms with Gasteiger partial charge >= 0.3 is 5.30 Å². The smallest absolute Gasteiger partial charge is 0.368 e. The van der Waals surface area contributed by atoms with Gasteiger partial charge in [-0.25, -0.2) is 4.79 Å². The van der Waals surface area contributed by atoms with Crippen molar-refractivity contribution in [3.63, 3.8) is 0 Å². The number of carbonyl (C=O) groups is 1. The third-order valence-corrected chi connectivity index (χ3v) is 2.99. The zero-order chi connectivity index (χ0) is 6.97. The van der Waals surface area contributed by atoms with Gasteiger partial charge in [0.1, 0.15) is 6.10 Å². The zero-order valence-electron chi connectivity index (χ0n) is 5.50. The monoisotopic (exact) mass is 159 g/mol. The molecule has 0 radical (unpaired) electrons. The molecule has 2 heterocycles. The summed E-state index contributed by atoms with van der Waals surface area (Å²) in [6.07, 6.45) is 1.20. The number of thioether (sulfide) groups is 1. The number of rotatable bonds is 0. The molecule has 2 aliphatic rings. The van der Waals surface area contributed by atoms with Crippen LogP contribution in [0.1, 0.15) is 6.42 Å². The van der Waals surface area contributed by atoms with E-state index in [1.807, 2.05) is 0 Å². The minimum Gasteiger partial charge on any atom is -0.452 e. The normalized spacial score (nSPS) is 39.0. The Kier molecular flexibility index (Phi) is 1.58. The largest absolute Gasteiger partial charge is 0.452 e. The predicted molar refractivity (Wildman–Crippen MR) is 39.1 cm³/mol. The van der Waals surface area contributed by atoms with Crippen LogP contribution in [0.3, 0.4) is 0 Å². The molecule has 0 spiro atoms. The fourth-order valence-corrected chi connectivity index (χ4v) is 2.30. The summed E-state index contributed by atoms with van der Waals surface area (Å²) >= 11 is 1.35. The van der Waals surface area contributed by atoms with E-state index in [-0.39, 0.29) is 11.4 Å². The van der Waals surface area contributed by atoms with Crippen molar-refractivity contribution < 1.29 is 9.53 Å². The van der Waals surface area contributed by atoms with Crippen molar-refractivity contribution in [3.05, 3.63) is 0 Å². The van der Waals surface area contributed by atoms with Gasteiger partial charge in [0, 0.05) is 6.54 Å². The van der Waals surface area contributed by atoms with E-state index in [0.29, 0.717) is 5.25 Å². The lowest BCUT2D eigenvalue weighted by Crippen LogP contribution is -2.40. The van der Waals surface area contributed by atoms with Gasteiger partial charge in [0.2, 0.25) is 0 Å². The molecule has 0 saturated carbocycles. The maximum absolute atomic E-state index is 10.7. The molecule has 56 valence electrons. The lowest BCUT2D eigenvalue weighted by molar-refractivity contribution is 0.121. The molecular weight excluding hydrogens is 150 g/mol. The lowest BCUT2D eigenvalue weighted by Gasteiger charge is -2.22. The van der Waals surface area contributed by atoms with Crippen LogP contribution in [0.15, 0.2) is 0 Å². The maximum Gasteiger partial charge on any atom is 0.368 e. The minimum absolute atomic E-state index is 0.0984. The summed E-state index contributed by atoms with van der Waals surface area (Å²) in [6.45, 7) is 1.86. The van der Waals surface area contributed by atoms with Gasteiger partial charge in [0.05, 0.1) is 5.25 Å². The summed E-state index contributed by atoms with van der Waals surface area (Å²) in [7, 11) is 0. The zero-order valence-corrected chi connectivity index (χ0v) is 6.32. The van der Waals surface area contributed by atoms with Gasteiger partial charge in [-0.3, -0.25) is 0 Å². The molecule has 2 atom stereocenters. The highest BCUT2D eigenvalue weighted by Gasteiger charge is 2.37. The Balaban J connectivity index is 2.04. The number of fused-ring (bicyclic) bond motifs is 1. The first-order valence-electron chi connectivity index (χ1n) is 3.44. The van der Waals surface area contributed by atoms with Crippen LogP contribution >= 0.6 is 11.8 Å². The quantitative estimate of drug-likeness (QED) is 0.525. The Bertz CT molecular complexity index is 146. The molecule has 2 aliphatic heterocycles. The van der Waals surface area contributed by atoms with Crippen LogP contribution in [0.2, 0.25) is 0 Å². The first kappa shape index (κ1) is 6.49. The third-order valence-electron chi connectivity index (χ3n) is 1.86. The molecule has 2 unspecified atom stereocenters. The van der Waals surface area contributed by atoms with E-state index in [9.17, 15) is 4.79 Å². The second kappa shape index (κ2) is 2.43. The summed E-state index contributed by atoms with van der Waals surface area (Å²) in [5, 5.41) is 3.51. The molecule has 0 aromatic rings. The predicted octanol–water partition coefficient (Wildman–Crippen LogP) is 0.600. The number of piperidine rings is 1. The van der Waals surface area contributed by atoms with Crippen LogP contribution in [0, 0.1) is 0 Å². The van der Waals surface area contributed by atoms with E-state index >= 15 is 0 Å². The van der Waals surface area contributed by atoms with Crippen LogP contribution < -0.4 is 5.32 Å². The molecule has 10 heavy (non-hydrogen) atoms. The molecule has 1 N–H and O–H groups in total. The van der Waals surface area contributed by atoms with Gasteiger partial charge in [0.15, 0.2) is 0 Å². The third kappa shape index (κ3) is 1.01. The van der Waals surface area contributed by atoms with Gasteiger partial charge in [-0.05, 0) is 24.7 Å². The van der Waals surface area contributed by atoms with Crippen molar-refractivity contribution in [2.45, 2.75) is 17.8 Å². The molecule has 0 amide bonds. The van der Waals surface area contributed by atoms with E-state index < -0.39 is 0 Å². The van der Waals surface area contributed by atoms with Gasteiger partial charge in [-0.1, -0.05) is 0 Å². The minimum atomic E-state index is -0.0984. The maximum atomic E-state index is 10.7. The SMILES string of the molecule is O=C1OC2CNCCC2S1. The summed E-state index contributed by atoms with van der Waals surface area (Å²) in [4.78, 5) is 10.7.